The fourth-order valence-electron chi connectivity index (χ4n) is 1.81. The van der Waals surface area contributed by atoms with Crippen molar-refractivity contribution >= 4 is 11.4 Å². The normalized spacial score (nSPS) is 11.2. The van der Waals surface area contributed by atoms with Crippen LogP contribution in [0.1, 0.15) is 18.1 Å². The zero-order valence-corrected chi connectivity index (χ0v) is 11.2. The first kappa shape index (κ1) is 13.9. The Morgan fingerprint density at radius 2 is 2.10 bits per heavy atom. The Balaban J connectivity index is 2.18. The summed E-state index contributed by atoms with van der Waals surface area (Å²) in [6, 6.07) is 10.4. The minimum Gasteiger partial charge on any atom is -0.380 e. The van der Waals surface area contributed by atoms with E-state index in [1.807, 2.05) is 12.1 Å². The van der Waals surface area contributed by atoms with Gasteiger partial charge in [0.1, 0.15) is 5.82 Å². The van der Waals surface area contributed by atoms with Crippen LogP contribution in [-0.2, 0) is 6.54 Å². The third-order valence-electron chi connectivity index (χ3n) is 2.76. The lowest BCUT2D eigenvalue weighted by molar-refractivity contribution is 0.605. The molecule has 0 aliphatic carbocycles. The van der Waals surface area contributed by atoms with Gasteiger partial charge in [0.2, 0.25) is 0 Å². The Morgan fingerprint density at radius 1 is 1.30 bits per heavy atom. The van der Waals surface area contributed by atoms with Crippen LogP contribution in [0.25, 0.3) is 5.70 Å². The summed E-state index contributed by atoms with van der Waals surface area (Å²) in [5, 5.41) is 10.8. The number of nitrogens with zero attached hydrogens (tertiary/aromatic N) is 1. The first-order valence-corrected chi connectivity index (χ1v) is 6.31. The van der Waals surface area contributed by atoms with E-state index in [1.54, 1.807) is 43.6 Å². The van der Waals surface area contributed by atoms with Crippen molar-refractivity contribution in [3.8, 4) is 0 Å². The molecule has 0 atom stereocenters. The van der Waals surface area contributed by atoms with Gasteiger partial charge in [-0.05, 0) is 31.2 Å². The highest BCUT2D eigenvalue weighted by molar-refractivity contribution is 5.96. The average molecular weight is 269 g/mol. The van der Waals surface area contributed by atoms with Crippen LogP contribution < -0.4 is 5.32 Å². The van der Waals surface area contributed by atoms with Gasteiger partial charge in [0.05, 0.1) is 0 Å². The van der Waals surface area contributed by atoms with Crippen molar-refractivity contribution in [1.29, 1.82) is 5.41 Å². The number of pyridine rings is 1. The molecule has 3 nitrogen and oxygen atoms in total. The van der Waals surface area contributed by atoms with Crippen LogP contribution in [0, 0.1) is 11.2 Å². The standard InChI is InChI=1S/C16H16FN3/c1-12(18)9-16(14-6-4-8-19-10-14)20-11-13-5-2-3-7-15(13)17/h2-10,18,20H,11H2,1H3/b16-9-,18-12?. The summed E-state index contributed by atoms with van der Waals surface area (Å²) in [4.78, 5) is 4.06. The fraction of sp³-hybridized carbons (Fsp3) is 0.125. The number of nitrogens with one attached hydrogen (secondary N) is 2. The molecule has 0 aliphatic heterocycles. The molecule has 0 amide bonds. The van der Waals surface area contributed by atoms with Crippen LogP contribution in [0.4, 0.5) is 4.39 Å². The van der Waals surface area contributed by atoms with Crippen LogP contribution in [0.15, 0.2) is 54.9 Å². The predicted octanol–water partition coefficient (Wildman–Crippen LogP) is 3.39. The molecule has 0 spiro atoms. The number of halogens is 1. The maximum absolute atomic E-state index is 13.6. The minimum absolute atomic E-state index is 0.239. The highest BCUT2D eigenvalue weighted by Crippen LogP contribution is 2.12. The van der Waals surface area contributed by atoms with Crippen LogP contribution in [0.2, 0.25) is 0 Å². The molecule has 1 aromatic heterocycles. The summed E-state index contributed by atoms with van der Waals surface area (Å²) < 4.78 is 13.6. The van der Waals surface area contributed by atoms with Crippen LogP contribution in [0.5, 0.6) is 0 Å². The third-order valence-corrected chi connectivity index (χ3v) is 2.76. The van der Waals surface area contributed by atoms with Gasteiger partial charge < -0.3 is 10.7 Å². The van der Waals surface area contributed by atoms with Crippen molar-refractivity contribution < 1.29 is 4.39 Å². The SMILES string of the molecule is CC(=N)/C=C(\NCc1ccccc1F)c1cccnc1. The van der Waals surface area contributed by atoms with E-state index in [2.05, 4.69) is 10.3 Å². The topological polar surface area (TPSA) is 48.8 Å². The van der Waals surface area contributed by atoms with E-state index in [9.17, 15) is 4.39 Å². The zero-order valence-electron chi connectivity index (χ0n) is 11.2. The summed E-state index contributed by atoms with van der Waals surface area (Å²) in [6.45, 7) is 2.06. The first-order chi connectivity index (χ1) is 9.66. The van der Waals surface area contributed by atoms with Crippen molar-refractivity contribution in [2.24, 2.45) is 0 Å². The lowest BCUT2D eigenvalue weighted by Gasteiger charge is -2.11. The van der Waals surface area contributed by atoms with E-state index in [4.69, 9.17) is 5.41 Å². The quantitative estimate of drug-likeness (QED) is 0.817. The van der Waals surface area contributed by atoms with E-state index >= 15 is 0 Å². The van der Waals surface area contributed by atoms with Gasteiger partial charge >= 0.3 is 0 Å². The first-order valence-electron chi connectivity index (χ1n) is 6.31. The van der Waals surface area contributed by atoms with Gasteiger partial charge in [0.25, 0.3) is 0 Å². The molecule has 102 valence electrons. The molecule has 0 fully saturated rings. The molecule has 2 aromatic rings. The smallest absolute Gasteiger partial charge is 0.128 e. The summed E-state index contributed by atoms with van der Waals surface area (Å²) in [5.41, 5.74) is 2.64. The molecule has 0 radical (unpaired) electrons. The second-order valence-electron chi connectivity index (χ2n) is 4.43. The minimum atomic E-state index is -0.239. The maximum Gasteiger partial charge on any atom is 0.128 e. The second kappa shape index (κ2) is 6.61. The van der Waals surface area contributed by atoms with Crippen LogP contribution in [-0.4, -0.2) is 10.7 Å². The van der Waals surface area contributed by atoms with E-state index in [0.29, 0.717) is 17.8 Å². The van der Waals surface area contributed by atoms with Gasteiger partial charge in [-0.15, -0.1) is 0 Å². The molecule has 0 saturated carbocycles. The Hall–Kier alpha value is -2.49. The molecule has 2 N–H and O–H groups in total. The predicted molar refractivity (Wildman–Crippen MR) is 78.9 cm³/mol. The van der Waals surface area contributed by atoms with Crippen molar-refractivity contribution in [1.82, 2.24) is 10.3 Å². The van der Waals surface area contributed by atoms with Crippen LogP contribution >= 0.6 is 0 Å². The Bertz CT molecular complexity index is 621. The Labute approximate surface area is 117 Å². The average Bonchev–Trinajstić information content (AvgIpc) is 2.45. The van der Waals surface area contributed by atoms with E-state index in [0.717, 1.165) is 11.3 Å². The van der Waals surface area contributed by atoms with Crippen molar-refractivity contribution in [3.63, 3.8) is 0 Å². The van der Waals surface area contributed by atoms with Gasteiger partial charge in [-0.25, -0.2) is 4.39 Å². The number of rotatable bonds is 5. The summed E-state index contributed by atoms with van der Waals surface area (Å²) in [5.74, 6) is -0.239. The largest absolute Gasteiger partial charge is 0.380 e. The fourth-order valence-corrected chi connectivity index (χ4v) is 1.81. The Kier molecular flexibility index (Phi) is 4.60. The van der Waals surface area contributed by atoms with Gasteiger partial charge in [0, 0.05) is 41.5 Å². The molecule has 0 bridgehead atoms. The monoisotopic (exact) mass is 269 g/mol. The maximum atomic E-state index is 13.6. The summed E-state index contributed by atoms with van der Waals surface area (Å²) >= 11 is 0. The van der Waals surface area contributed by atoms with Crippen molar-refractivity contribution in [2.75, 3.05) is 0 Å². The van der Waals surface area contributed by atoms with E-state index < -0.39 is 0 Å². The van der Waals surface area contributed by atoms with Gasteiger partial charge in [-0.2, -0.15) is 0 Å². The number of hydrogen-bond acceptors (Lipinski definition) is 3. The van der Waals surface area contributed by atoms with E-state index in [-0.39, 0.29) is 5.82 Å². The highest BCUT2D eigenvalue weighted by atomic mass is 19.1. The molecule has 1 aromatic carbocycles. The molecule has 1 heterocycles. The van der Waals surface area contributed by atoms with Gasteiger partial charge in [0.15, 0.2) is 0 Å². The summed E-state index contributed by atoms with van der Waals surface area (Å²) in [6.07, 6.45) is 5.11. The van der Waals surface area contributed by atoms with Crippen LogP contribution in [0.3, 0.4) is 0 Å². The zero-order chi connectivity index (χ0) is 14.4. The molecule has 4 heteroatoms. The highest BCUT2D eigenvalue weighted by Gasteiger charge is 2.04. The molecule has 0 unspecified atom stereocenters. The molecule has 0 aliphatic rings. The van der Waals surface area contributed by atoms with Gasteiger partial charge in [-0.3, -0.25) is 4.98 Å². The molecule has 0 saturated heterocycles. The summed E-state index contributed by atoms with van der Waals surface area (Å²) in [7, 11) is 0. The number of aromatic nitrogens is 1. The molecular weight excluding hydrogens is 253 g/mol. The third kappa shape index (κ3) is 3.75. The van der Waals surface area contributed by atoms with Gasteiger partial charge in [-0.1, -0.05) is 18.2 Å². The molecule has 2 rings (SSSR count). The Morgan fingerprint density at radius 3 is 2.75 bits per heavy atom. The second-order valence-corrected chi connectivity index (χ2v) is 4.43. The van der Waals surface area contributed by atoms with Crippen molar-refractivity contribution in [2.45, 2.75) is 13.5 Å². The van der Waals surface area contributed by atoms with E-state index in [1.165, 1.54) is 6.07 Å². The molecular formula is C16H16FN3. The molecule has 20 heavy (non-hydrogen) atoms. The number of hydrogen-bond donors (Lipinski definition) is 2. The number of allylic oxidation sites excluding steroid dienone is 1. The lowest BCUT2D eigenvalue weighted by Crippen LogP contribution is -2.14. The van der Waals surface area contributed by atoms with Crippen molar-refractivity contribution in [3.05, 3.63) is 71.8 Å². The number of benzene rings is 1. The lowest BCUT2D eigenvalue weighted by atomic mass is 10.1.